The van der Waals surface area contributed by atoms with Gasteiger partial charge in [-0.25, -0.2) is 18.2 Å². The van der Waals surface area contributed by atoms with Gasteiger partial charge in [0.15, 0.2) is 17.5 Å². The molecule has 1 fully saturated rings. The van der Waals surface area contributed by atoms with Crippen LogP contribution in [0.2, 0.25) is 0 Å². The van der Waals surface area contributed by atoms with Crippen molar-refractivity contribution in [2.45, 2.75) is 25.7 Å². The van der Waals surface area contributed by atoms with Crippen LogP contribution in [0.5, 0.6) is 0 Å². The summed E-state index contributed by atoms with van der Waals surface area (Å²) < 4.78 is 39.8. The summed E-state index contributed by atoms with van der Waals surface area (Å²) in [6, 6.07) is 5.04. The van der Waals surface area contributed by atoms with Crippen molar-refractivity contribution in [3.05, 3.63) is 53.6 Å². The van der Waals surface area contributed by atoms with Gasteiger partial charge in [0.25, 0.3) is 5.91 Å². The van der Waals surface area contributed by atoms with Crippen LogP contribution in [-0.2, 0) is 0 Å². The molecule has 0 aliphatic carbocycles. The van der Waals surface area contributed by atoms with E-state index in [4.69, 9.17) is 0 Å². The summed E-state index contributed by atoms with van der Waals surface area (Å²) in [5.41, 5.74) is 0.572. The van der Waals surface area contributed by atoms with Crippen LogP contribution >= 0.6 is 0 Å². The number of anilines is 2. The first-order valence-corrected chi connectivity index (χ1v) is 8.22. The first-order chi connectivity index (χ1) is 12.1. The van der Waals surface area contributed by atoms with Crippen LogP contribution in [0.1, 0.15) is 36.2 Å². The van der Waals surface area contributed by atoms with E-state index in [1.54, 1.807) is 12.3 Å². The Bertz CT molecular complexity index is 757. The number of amides is 1. The number of rotatable bonds is 3. The average Bonchev–Trinajstić information content (AvgIpc) is 2.92. The highest BCUT2D eigenvalue weighted by Crippen LogP contribution is 2.21. The molecule has 25 heavy (non-hydrogen) atoms. The Morgan fingerprint density at radius 3 is 2.32 bits per heavy atom. The fourth-order valence-electron chi connectivity index (χ4n) is 2.85. The summed E-state index contributed by atoms with van der Waals surface area (Å²) in [6.45, 7) is 1.90. The van der Waals surface area contributed by atoms with Gasteiger partial charge in [-0.3, -0.25) is 4.79 Å². The Hall–Kier alpha value is -2.57. The second-order valence-corrected chi connectivity index (χ2v) is 5.98. The van der Waals surface area contributed by atoms with Gasteiger partial charge in [-0.1, -0.05) is 12.8 Å². The van der Waals surface area contributed by atoms with Gasteiger partial charge in [-0.15, -0.1) is 0 Å². The number of benzene rings is 1. The SMILES string of the molecule is O=C(Nc1ccc(F)c(F)c1F)c1ccc(N2CCCCCC2)cn1. The van der Waals surface area contributed by atoms with Crippen molar-refractivity contribution in [2.75, 3.05) is 23.3 Å². The minimum Gasteiger partial charge on any atom is -0.370 e. The lowest BCUT2D eigenvalue weighted by Crippen LogP contribution is -2.24. The highest BCUT2D eigenvalue weighted by molar-refractivity contribution is 6.03. The molecule has 0 atom stereocenters. The summed E-state index contributed by atoms with van der Waals surface area (Å²) in [4.78, 5) is 18.5. The number of halogens is 3. The molecule has 1 aliphatic heterocycles. The zero-order valence-corrected chi connectivity index (χ0v) is 13.6. The van der Waals surface area contributed by atoms with Gasteiger partial charge in [0, 0.05) is 13.1 Å². The highest BCUT2D eigenvalue weighted by atomic mass is 19.2. The first kappa shape index (κ1) is 17.3. The highest BCUT2D eigenvalue weighted by Gasteiger charge is 2.17. The van der Waals surface area contributed by atoms with Crippen LogP contribution in [0.15, 0.2) is 30.5 Å². The Kier molecular flexibility index (Phi) is 5.21. The van der Waals surface area contributed by atoms with Gasteiger partial charge in [-0.2, -0.15) is 0 Å². The molecule has 1 aliphatic rings. The van der Waals surface area contributed by atoms with E-state index >= 15 is 0 Å². The molecule has 1 amide bonds. The maximum absolute atomic E-state index is 13.6. The molecule has 2 heterocycles. The van der Waals surface area contributed by atoms with E-state index in [2.05, 4.69) is 15.2 Å². The molecular formula is C18H18F3N3O. The van der Waals surface area contributed by atoms with Crippen LogP contribution < -0.4 is 10.2 Å². The molecule has 3 rings (SSSR count). The lowest BCUT2D eigenvalue weighted by atomic mass is 10.2. The molecule has 7 heteroatoms. The van der Waals surface area contributed by atoms with Crippen LogP contribution in [0.4, 0.5) is 24.5 Å². The van der Waals surface area contributed by atoms with Crippen LogP contribution in [0, 0.1) is 17.5 Å². The molecular weight excluding hydrogens is 331 g/mol. The zero-order chi connectivity index (χ0) is 17.8. The van der Waals surface area contributed by atoms with E-state index in [-0.39, 0.29) is 5.69 Å². The van der Waals surface area contributed by atoms with Gasteiger partial charge in [0.1, 0.15) is 5.69 Å². The average molecular weight is 349 g/mol. The molecule has 1 saturated heterocycles. The number of carbonyl (C=O) groups is 1. The molecule has 132 valence electrons. The summed E-state index contributed by atoms with van der Waals surface area (Å²) in [5, 5.41) is 2.21. The molecule has 0 bridgehead atoms. The predicted molar refractivity (Wildman–Crippen MR) is 89.2 cm³/mol. The van der Waals surface area contributed by atoms with Crippen LogP contribution in [-0.4, -0.2) is 24.0 Å². The number of aromatic nitrogens is 1. The molecule has 0 spiro atoms. The topological polar surface area (TPSA) is 45.2 Å². The van der Waals surface area contributed by atoms with Crippen molar-refractivity contribution in [1.29, 1.82) is 0 Å². The first-order valence-electron chi connectivity index (χ1n) is 8.22. The Morgan fingerprint density at radius 2 is 1.68 bits per heavy atom. The second kappa shape index (κ2) is 7.55. The summed E-state index contributed by atoms with van der Waals surface area (Å²) in [7, 11) is 0. The smallest absolute Gasteiger partial charge is 0.274 e. The second-order valence-electron chi connectivity index (χ2n) is 5.98. The Labute approximate surface area is 143 Å². The number of hydrogen-bond acceptors (Lipinski definition) is 3. The van der Waals surface area contributed by atoms with E-state index in [0.717, 1.165) is 43.8 Å². The number of pyridine rings is 1. The lowest BCUT2D eigenvalue weighted by molar-refractivity contribution is 0.102. The quantitative estimate of drug-likeness (QED) is 0.848. The molecule has 1 N–H and O–H groups in total. The molecule has 0 unspecified atom stereocenters. The molecule has 1 aromatic heterocycles. The van der Waals surface area contributed by atoms with Crippen molar-refractivity contribution < 1.29 is 18.0 Å². The number of hydrogen-bond donors (Lipinski definition) is 1. The summed E-state index contributed by atoms with van der Waals surface area (Å²) in [6.07, 6.45) is 6.27. The van der Waals surface area contributed by atoms with Gasteiger partial charge >= 0.3 is 0 Å². The summed E-state index contributed by atoms with van der Waals surface area (Å²) in [5.74, 6) is -5.06. The normalized spacial score (nSPS) is 14.9. The monoisotopic (exact) mass is 349 g/mol. The minimum absolute atomic E-state index is 0.0719. The van der Waals surface area contributed by atoms with E-state index in [9.17, 15) is 18.0 Å². The van der Waals surface area contributed by atoms with Gasteiger partial charge in [0.2, 0.25) is 0 Å². The third kappa shape index (κ3) is 3.92. The summed E-state index contributed by atoms with van der Waals surface area (Å²) >= 11 is 0. The van der Waals surface area contributed by atoms with Crippen molar-refractivity contribution in [1.82, 2.24) is 4.98 Å². The number of carbonyl (C=O) groups excluding carboxylic acids is 1. The fraction of sp³-hybridized carbons (Fsp3) is 0.333. The molecule has 0 saturated carbocycles. The van der Waals surface area contributed by atoms with Gasteiger partial charge in [0.05, 0.1) is 17.6 Å². The van der Waals surface area contributed by atoms with Gasteiger partial charge in [-0.05, 0) is 37.1 Å². The molecule has 2 aromatic rings. The zero-order valence-electron chi connectivity index (χ0n) is 13.6. The molecule has 0 radical (unpaired) electrons. The number of nitrogens with zero attached hydrogens (tertiary/aromatic N) is 2. The lowest BCUT2D eigenvalue weighted by Gasteiger charge is -2.22. The molecule has 4 nitrogen and oxygen atoms in total. The maximum Gasteiger partial charge on any atom is 0.274 e. The van der Waals surface area contributed by atoms with Crippen molar-refractivity contribution in [3.63, 3.8) is 0 Å². The predicted octanol–water partition coefficient (Wildman–Crippen LogP) is 4.13. The fourth-order valence-corrected chi connectivity index (χ4v) is 2.85. The van der Waals surface area contributed by atoms with Crippen molar-refractivity contribution in [2.24, 2.45) is 0 Å². The van der Waals surface area contributed by atoms with E-state index in [1.807, 2.05) is 0 Å². The minimum atomic E-state index is -1.62. The Balaban J connectivity index is 1.71. The Morgan fingerprint density at radius 1 is 0.960 bits per heavy atom. The van der Waals surface area contributed by atoms with E-state index < -0.39 is 29.0 Å². The van der Waals surface area contributed by atoms with E-state index in [1.165, 1.54) is 18.9 Å². The maximum atomic E-state index is 13.6. The third-order valence-corrected chi connectivity index (χ3v) is 4.24. The number of nitrogens with one attached hydrogen (secondary N) is 1. The third-order valence-electron chi connectivity index (χ3n) is 4.24. The standard InChI is InChI=1S/C18H18F3N3O/c19-13-6-8-14(17(21)16(13)20)23-18(25)15-7-5-12(11-22-15)24-9-3-1-2-4-10-24/h5-8,11H,1-4,9-10H2,(H,23,25). The van der Waals surface area contributed by atoms with Crippen LogP contribution in [0.25, 0.3) is 0 Å². The van der Waals surface area contributed by atoms with Crippen LogP contribution in [0.3, 0.4) is 0 Å². The van der Waals surface area contributed by atoms with E-state index in [0.29, 0.717) is 0 Å². The van der Waals surface area contributed by atoms with Gasteiger partial charge < -0.3 is 10.2 Å². The largest absolute Gasteiger partial charge is 0.370 e. The molecule has 1 aromatic carbocycles. The van der Waals surface area contributed by atoms with Crippen molar-refractivity contribution in [3.8, 4) is 0 Å². The van der Waals surface area contributed by atoms with Crippen molar-refractivity contribution >= 4 is 17.3 Å².